The molecule has 29 heavy (non-hydrogen) atoms. The summed E-state index contributed by atoms with van der Waals surface area (Å²) in [6, 6.07) is 8.82. The third-order valence-corrected chi connectivity index (χ3v) is 4.96. The lowest BCUT2D eigenvalue weighted by Crippen LogP contribution is -2.42. The third-order valence-electron chi connectivity index (χ3n) is 4.64. The van der Waals surface area contributed by atoms with Crippen molar-refractivity contribution in [2.24, 2.45) is 5.41 Å². The van der Waals surface area contributed by atoms with E-state index in [0.29, 0.717) is 23.7 Å². The number of nitro groups is 1. The molecule has 0 saturated heterocycles. The molecule has 1 aliphatic rings. The second kappa shape index (κ2) is 7.71. The monoisotopic (exact) mass is 417 g/mol. The molecular weight excluding hydrogens is 398 g/mol. The van der Waals surface area contributed by atoms with Crippen LogP contribution in [0.2, 0.25) is 5.02 Å². The van der Waals surface area contributed by atoms with Gasteiger partial charge in [-0.05, 0) is 51.1 Å². The molecule has 152 valence electrons. The van der Waals surface area contributed by atoms with Crippen LogP contribution in [0.5, 0.6) is 5.75 Å². The molecule has 1 N–H and O–H groups in total. The number of fused-ring (bicyclic) bond motifs is 1. The Labute approximate surface area is 172 Å². The first-order chi connectivity index (χ1) is 13.6. The number of hydrogen-bond donors (Lipinski definition) is 1. The van der Waals surface area contributed by atoms with Crippen molar-refractivity contribution in [2.75, 3.05) is 23.4 Å². The van der Waals surface area contributed by atoms with Gasteiger partial charge in [-0.25, -0.2) is 0 Å². The van der Waals surface area contributed by atoms with Gasteiger partial charge in [-0.2, -0.15) is 0 Å². The van der Waals surface area contributed by atoms with Gasteiger partial charge in [0.25, 0.3) is 11.6 Å². The number of ether oxygens (including phenoxy) is 1. The lowest BCUT2D eigenvalue weighted by Gasteiger charge is -2.27. The summed E-state index contributed by atoms with van der Waals surface area (Å²) in [4.78, 5) is 37.4. The fourth-order valence-electron chi connectivity index (χ4n) is 3.03. The molecule has 2 amide bonds. The normalized spacial score (nSPS) is 15.2. The zero-order valence-electron chi connectivity index (χ0n) is 16.2. The minimum Gasteiger partial charge on any atom is -0.490 e. The van der Waals surface area contributed by atoms with Gasteiger partial charge in [0.2, 0.25) is 5.91 Å². The summed E-state index contributed by atoms with van der Waals surface area (Å²) in [7, 11) is 0. The molecule has 2 aromatic rings. The Balaban J connectivity index is 1.91. The highest BCUT2D eigenvalue weighted by molar-refractivity contribution is 6.32. The summed E-state index contributed by atoms with van der Waals surface area (Å²) in [5.74, 6) is -0.0598. The summed E-state index contributed by atoms with van der Waals surface area (Å²) >= 11 is 5.79. The third kappa shape index (κ3) is 4.02. The van der Waals surface area contributed by atoms with E-state index in [1.54, 1.807) is 23.1 Å². The number of carbonyl (C=O) groups excluding carboxylic acids is 2. The van der Waals surface area contributed by atoms with E-state index in [1.165, 1.54) is 12.1 Å². The number of anilines is 2. The quantitative estimate of drug-likeness (QED) is 0.591. The van der Waals surface area contributed by atoms with Crippen molar-refractivity contribution in [1.29, 1.82) is 0 Å². The van der Waals surface area contributed by atoms with Crippen LogP contribution in [-0.4, -0.2) is 29.9 Å². The van der Waals surface area contributed by atoms with E-state index < -0.39 is 16.2 Å². The second-order valence-corrected chi connectivity index (χ2v) is 7.69. The molecule has 2 aromatic carbocycles. The lowest BCUT2D eigenvalue weighted by molar-refractivity contribution is -0.384. The molecule has 0 aliphatic carbocycles. The summed E-state index contributed by atoms with van der Waals surface area (Å²) in [6.45, 7) is 6.19. The zero-order chi connectivity index (χ0) is 21.3. The molecule has 0 fully saturated rings. The number of halogens is 1. The number of rotatable bonds is 4. The number of benzene rings is 2. The number of carbonyl (C=O) groups is 2. The van der Waals surface area contributed by atoms with E-state index in [1.807, 2.05) is 20.8 Å². The number of nitrogens with zero attached hydrogens (tertiary/aromatic N) is 2. The molecule has 0 radical (unpaired) electrons. The van der Waals surface area contributed by atoms with Gasteiger partial charge in [-0.15, -0.1) is 0 Å². The molecular formula is C20H20ClN3O5. The van der Waals surface area contributed by atoms with Crippen LogP contribution in [0.1, 0.15) is 31.1 Å². The van der Waals surface area contributed by atoms with Crippen molar-refractivity contribution >= 4 is 40.5 Å². The van der Waals surface area contributed by atoms with E-state index in [-0.39, 0.29) is 28.8 Å². The van der Waals surface area contributed by atoms with Crippen molar-refractivity contribution < 1.29 is 19.2 Å². The highest BCUT2D eigenvalue weighted by Crippen LogP contribution is 2.38. The van der Waals surface area contributed by atoms with Crippen LogP contribution in [0.25, 0.3) is 0 Å². The Morgan fingerprint density at radius 1 is 1.31 bits per heavy atom. The minimum absolute atomic E-state index is 0.0477. The lowest BCUT2D eigenvalue weighted by atomic mass is 9.93. The van der Waals surface area contributed by atoms with Gasteiger partial charge in [-0.1, -0.05) is 11.6 Å². The van der Waals surface area contributed by atoms with Gasteiger partial charge in [0.05, 0.1) is 16.0 Å². The van der Waals surface area contributed by atoms with Gasteiger partial charge in [0.15, 0.2) is 0 Å². The van der Waals surface area contributed by atoms with Crippen molar-refractivity contribution in [3.63, 3.8) is 0 Å². The van der Waals surface area contributed by atoms with Crippen molar-refractivity contribution in [3.05, 3.63) is 57.1 Å². The number of nitrogens with one attached hydrogen (secondary N) is 1. The average Bonchev–Trinajstić information content (AvgIpc) is 2.76. The minimum atomic E-state index is -0.680. The molecule has 1 heterocycles. The fraction of sp³-hybridized carbons (Fsp3) is 0.300. The molecule has 9 heteroatoms. The number of hydrogen-bond acceptors (Lipinski definition) is 5. The molecule has 0 bridgehead atoms. The summed E-state index contributed by atoms with van der Waals surface area (Å²) in [6.07, 6.45) is 0. The van der Waals surface area contributed by atoms with E-state index in [9.17, 15) is 19.7 Å². The Kier molecular flexibility index (Phi) is 5.48. The maximum absolute atomic E-state index is 12.8. The van der Waals surface area contributed by atoms with Crippen LogP contribution < -0.4 is 15.0 Å². The molecule has 0 spiro atoms. The SMILES string of the molecule is CCN1C(=O)C(C)(C)COc2ccc(NC(=O)c3ccc(Cl)c([N+](=O)[O-])c3)cc21. The van der Waals surface area contributed by atoms with Crippen LogP contribution in [0.3, 0.4) is 0 Å². The summed E-state index contributed by atoms with van der Waals surface area (Å²) in [5, 5.41) is 13.7. The Bertz CT molecular complexity index is 1010. The molecule has 0 aromatic heterocycles. The fourth-order valence-corrected chi connectivity index (χ4v) is 3.22. The maximum Gasteiger partial charge on any atom is 0.288 e. The van der Waals surface area contributed by atoms with E-state index in [0.717, 1.165) is 6.07 Å². The number of nitro benzene ring substituents is 1. The van der Waals surface area contributed by atoms with Crippen LogP contribution in [0.4, 0.5) is 17.1 Å². The predicted molar refractivity (Wildman–Crippen MR) is 110 cm³/mol. The molecule has 1 aliphatic heterocycles. The first-order valence-corrected chi connectivity index (χ1v) is 9.36. The Hall–Kier alpha value is -3.13. The predicted octanol–water partition coefficient (Wildman–Crippen LogP) is 4.27. The standard InChI is InChI=1S/C20H20ClN3O5/c1-4-23-16-10-13(6-8-17(16)29-11-20(2,3)19(23)26)22-18(25)12-5-7-14(21)15(9-12)24(27)28/h5-10H,4,11H2,1-3H3,(H,22,25). The van der Waals surface area contributed by atoms with Gasteiger partial charge < -0.3 is 15.0 Å². The maximum atomic E-state index is 12.8. The van der Waals surface area contributed by atoms with Crippen LogP contribution >= 0.6 is 11.6 Å². The second-order valence-electron chi connectivity index (χ2n) is 7.28. The molecule has 8 nitrogen and oxygen atoms in total. The molecule has 0 unspecified atom stereocenters. The molecule has 0 saturated carbocycles. The van der Waals surface area contributed by atoms with Crippen LogP contribution in [0.15, 0.2) is 36.4 Å². The summed E-state index contributed by atoms with van der Waals surface area (Å²) in [5.41, 5.74) is 0.0566. The van der Waals surface area contributed by atoms with E-state index in [4.69, 9.17) is 16.3 Å². The highest BCUT2D eigenvalue weighted by Gasteiger charge is 2.37. The van der Waals surface area contributed by atoms with Gasteiger partial charge in [0.1, 0.15) is 17.4 Å². The largest absolute Gasteiger partial charge is 0.490 e. The summed E-state index contributed by atoms with van der Waals surface area (Å²) < 4.78 is 5.80. The van der Waals surface area contributed by atoms with Crippen LogP contribution in [0, 0.1) is 15.5 Å². The number of amides is 2. The zero-order valence-corrected chi connectivity index (χ0v) is 16.9. The van der Waals surface area contributed by atoms with E-state index in [2.05, 4.69) is 5.32 Å². The van der Waals surface area contributed by atoms with Crippen molar-refractivity contribution in [1.82, 2.24) is 0 Å². The van der Waals surface area contributed by atoms with Gasteiger partial charge in [-0.3, -0.25) is 19.7 Å². The smallest absolute Gasteiger partial charge is 0.288 e. The first-order valence-electron chi connectivity index (χ1n) is 8.98. The Morgan fingerprint density at radius 2 is 2.03 bits per heavy atom. The van der Waals surface area contributed by atoms with Gasteiger partial charge >= 0.3 is 0 Å². The first kappa shape index (κ1) is 20.6. The van der Waals surface area contributed by atoms with Crippen molar-refractivity contribution in [2.45, 2.75) is 20.8 Å². The van der Waals surface area contributed by atoms with Crippen LogP contribution in [-0.2, 0) is 4.79 Å². The van der Waals surface area contributed by atoms with Crippen molar-refractivity contribution in [3.8, 4) is 5.75 Å². The highest BCUT2D eigenvalue weighted by atomic mass is 35.5. The molecule has 3 rings (SSSR count). The van der Waals surface area contributed by atoms with Gasteiger partial charge in [0, 0.05) is 23.9 Å². The van der Waals surface area contributed by atoms with E-state index >= 15 is 0 Å². The Morgan fingerprint density at radius 3 is 2.69 bits per heavy atom. The topological polar surface area (TPSA) is 102 Å². The molecule has 0 atom stereocenters. The average molecular weight is 418 g/mol.